The SMILES string of the molecule is COc1ccccc1CN1CCN(CC(N)=O)C(C(c2ccccc2)c2ccccc2)C1.Cl.Cl. The number of hydrogen-bond acceptors (Lipinski definition) is 4. The molecular weight excluding hydrogens is 469 g/mol. The Morgan fingerprint density at radius 3 is 2.03 bits per heavy atom. The van der Waals surface area contributed by atoms with Crippen molar-refractivity contribution in [2.45, 2.75) is 18.5 Å². The molecule has 1 fully saturated rings. The van der Waals surface area contributed by atoms with E-state index >= 15 is 0 Å². The Kier molecular flexibility index (Phi) is 10.9. The number of halogens is 2. The number of rotatable bonds is 8. The van der Waals surface area contributed by atoms with Crippen LogP contribution in [0.15, 0.2) is 84.9 Å². The molecule has 5 nitrogen and oxygen atoms in total. The van der Waals surface area contributed by atoms with Gasteiger partial charge < -0.3 is 10.5 Å². The predicted molar refractivity (Wildman–Crippen MR) is 142 cm³/mol. The summed E-state index contributed by atoms with van der Waals surface area (Å²) in [6, 6.07) is 29.4. The van der Waals surface area contributed by atoms with E-state index in [1.54, 1.807) is 7.11 Å². The van der Waals surface area contributed by atoms with Crippen LogP contribution in [0.4, 0.5) is 0 Å². The zero-order valence-corrected chi connectivity index (χ0v) is 21.0. The first kappa shape index (κ1) is 27.7. The Balaban J connectivity index is 0.00000204. The second-order valence-electron chi connectivity index (χ2n) is 8.35. The summed E-state index contributed by atoms with van der Waals surface area (Å²) in [5.41, 5.74) is 9.32. The minimum atomic E-state index is -0.284. The number of primary amides is 1. The molecule has 1 unspecified atom stereocenters. The van der Waals surface area contributed by atoms with Gasteiger partial charge in [0.25, 0.3) is 0 Å². The lowest BCUT2D eigenvalue weighted by Gasteiger charge is -2.45. The highest BCUT2D eigenvalue weighted by Gasteiger charge is 2.35. The van der Waals surface area contributed by atoms with Gasteiger partial charge >= 0.3 is 0 Å². The van der Waals surface area contributed by atoms with Gasteiger partial charge in [-0.2, -0.15) is 0 Å². The number of carbonyl (C=O) groups is 1. The normalized spacial score (nSPS) is 16.4. The number of amides is 1. The second kappa shape index (κ2) is 13.4. The highest BCUT2D eigenvalue weighted by atomic mass is 35.5. The van der Waals surface area contributed by atoms with Crippen LogP contribution < -0.4 is 10.5 Å². The molecular formula is C27H33Cl2N3O2. The Hall–Kier alpha value is -2.57. The van der Waals surface area contributed by atoms with E-state index in [1.807, 2.05) is 24.3 Å². The van der Waals surface area contributed by atoms with E-state index in [-0.39, 0.29) is 49.2 Å². The van der Waals surface area contributed by atoms with Crippen molar-refractivity contribution in [2.24, 2.45) is 5.73 Å². The van der Waals surface area contributed by atoms with E-state index in [0.29, 0.717) is 0 Å². The van der Waals surface area contributed by atoms with Crippen LogP contribution in [0, 0.1) is 0 Å². The zero-order chi connectivity index (χ0) is 22.3. The smallest absolute Gasteiger partial charge is 0.231 e. The molecule has 7 heteroatoms. The average Bonchev–Trinajstić information content (AvgIpc) is 2.82. The number of ether oxygens (including phenoxy) is 1. The third kappa shape index (κ3) is 6.73. The maximum Gasteiger partial charge on any atom is 0.231 e. The summed E-state index contributed by atoms with van der Waals surface area (Å²) in [6.45, 7) is 3.57. The minimum absolute atomic E-state index is 0. The summed E-state index contributed by atoms with van der Waals surface area (Å²) < 4.78 is 5.58. The fraction of sp³-hybridized carbons (Fsp3) is 0.296. The number of para-hydroxylation sites is 1. The zero-order valence-electron chi connectivity index (χ0n) is 19.4. The molecule has 1 heterocycles. The summed E-state index contributed by atoms with van der Waals surface area (Å²) in [7, 11) is 1.72. The quantitative estimate of drug-likeness (QED) is 0.498. The Bertz CT molecular complexity index is 981. The van der Waals surface area contributed by atoms with E-state index < -0.39 is 0 Å². The van der Waals surface area contributed by atoms with Gasteiger partial charge in [0.15, 0.2) is 0 Å². The Labute approximate surface area is 214 Å². The van der Waals surface area contributed by atoms with E-state index in [9.17, 15) is 4.79 Å². The van der Waals surface area contributed by atoms with Gasteiger partial charge in [0, 0.05) is 43.7 Å². The van der Waals surface area contributed by atoms with Crippen LogP contribution in [0.1, 0.15) is 22.6 Å². The molecule has 1 saturated heterocycles. The van der Waals surface area contributed by atoms with Crippen LogP contribution >= 0.6 is 24.8 Å². The molecule has 1 atom stereocenters. The van der Waals surface area contributed by atoms with Crippen LogP contribution in [0.2, 0.25) is 0 Å². The maximum absolute atomic E-state index is 11.9. The largest absolute Gasteiger partial charge is 0.496 e. The average molecular weight is 502 g/mol. The summed E-state index contributed by atoms with van der Waals surface area (Å²) in [5.74, 6) is 0.761. The van der Waals surface area contributed by atoms with Crippen molar-refractivity contribution in [3.05, 3.63) is 102 Å². The number of carbonyl (C=O) groups excluding carboxylic acids is 1. The van der Waals surface area contributed by atoms with Crippen molar-refractivity contribution in [3.8, 4) is 5.75 Å². The lowest BCUT2D eigenvalue weighted by atomic mass is 9.83. The number of piperazine rings is 1. The molecule has 0 radical (unpaired) electrons. The third-order valence-corrected chi connectivity index (χ3v) is 6.27. The molecule has 1 aliphatic heterocycles. The highest BCUT2D eigenvalue weighted by Crippen LogP contribution is 2.33. The molecule has 34 heavy (non-hydrogen) atoms. The van der Waals surface area contributed by atoms with Gasteiger partial charge in [-0.3, -0.25) is 14.6 Å². The fourth-order valence-electron chi connectivity index (χ4n) is 4.80. The molecule has 0 aromatic heterocycles. The lowest BCUT2D eigenvalue weighted by Crippen LogP contribution is -2.57. The Morgan fingerprint density at radius 2 is 1.47 bits per heavy atom. The second-order valence-corrected chi connectivity index (χ2v) is 8.35. The van der Waals surface area contributed by atoms with Gasteiger partial charge in [0.05, 0.1) is 13.7 Å². The van der Waals surface area contributed by atoms with Crippen molar-refractivity contribution < 1.29 is 9.53 Å². The van der Waals surface area contributed by atoms with E-state index in [4.69, 9.17) is 10.5 Å². The summed E-state index contributed by atoms with van der Waals surface area (Å²) in [6.07, 6.45) is 0. The molecule has 2 N–H and O–H groups in total. The first-order chi connectivity index (χ1) is 15.7. The number of nitrogens with two attached hydrogens (primary N) is 1. The van der Waals surface area contributed by atoms with Crippen LogP contribution in [0.5, 0.6) is 5.75 Å². The van der Waals surface area contributed by atoms with Gasteiger partial charge in [-0.05, 0) is 17.2 Å². The van der Waals surface area contributed by atoms with Crippen LogP contribution in [-0.4, -0.2) is 55.0 Å². The van der Waals surface area contributed by atoms with Gasteiger partial charge in [-0.15, -0.1) is 24.8 Å². The fourth-order valence-corrected chi connectivity index (χ4v) is 4.80. The van der Waals surface area contributed by atoms with Gasteiger partial charge in [-0.1, -0.05) is 78.9 Å². The summed E-state index contributed by atoms with van der Waals surface area (Å²) >= 11 is 0. The first-order valence-corrected chi connectivity index (χ1v) is 11.1. The van der Waals surface area contributed by atoms with Crippen molar-refractivity contribution in [2.75, 3.05) is 33.3 Å². The molecule has 0 spiro atoms. The van der Waals surface area contributed by atoms with E-state index in [2.05, 4.69) is 70.5 Å². The van der Waals surface area contributed by atoms with Crippen LogP contribution in [0.3, 0.4) is 0 Å². The molecule has 1 amide bonds. The highest BCUT2D eigenvalue weighted by molar-refractivity contribution is 5.85. The standard InChI is InChI=1S/C27H31N3O2.2ClH/c1-32-25-15-9-8-14-23(25)18-29-16-17-30(20-26(28)31)24(19-29)27(21-10-4-2-5-11-21)22-12-6-3-7-13-22;;/h2-15,24,27H,16-20H2,1H3,(H2,28,31);2*1H. The van der Waals surface area contributed by atoms with Crippen molar-refractivity contribution in [3.63, 3.8) is 0 Å². The van der Waals surface area contributed by atoms with E-state index in [0.717, 1.165) is 31.9 Å². The van der Waals surface area contributed by atoms with Crippen molar-refractivity contribution in [1.82, 2.24) is 9.80 Å². The van der Waals surface area contributed by atoms with Gasteiger partial charge in [0.2, 0.25) is 5.91 Å². The summed E-state index contributed by atoms with van der Waals surface area (Å²) in [4.78, 5) is 16.6. The third-order valence-electron chi connectivity index (χ3n) is 6.27. The molecule has 1 aliphatic rings. The predicted octanol–water partition coefficient (Wildman–Crippen LogP) is 4.34. The molecule has 3 aromatic carbocycles. The molecule has 4 rings (SSSR count). The molecule has 0 bridgehead atoms. The first-order valence-electron chi connectivity index (χ1n) is 11.1. The lowest BCUT2D eigenvalue weighted by molar-refractivity contribution is -0.120. The minimum Gasteiger partial charge on any atom is -0.496 e. The number of methoxy groups -OCH3 is 1. The molecule has 182 valence electrons. The van der Waals surface area contributed by atoms with E-state index in [1.165, 1.54) is 16.7 Å². The van der Waals surface area contributed by atoms with Crippen molar-refractivity contribution in [1.29, 1.82) is 0 Å². The van der Waals surface area contributed by atoms with Crippen LogP contribution in [-0.2, 0) is 11.3 Å². The number of benzene rings is 3. The molecule has 3 aromatic rings. The summed E-state index contributed by atoms with van der Waals surface area (Å²) in [5, 5.41) is 0. The molecule has 0 aliphatic carbocycles. The van der Waals surface area contributed by atoms with Gasteiger partial charge in [-0.25, -0.2) is 0 Å². The maximum atomic E-state index is 11.9. The Morgan fingerprint density at radius 1 is 0.912 bits per heavy atom. The van der Waals surface area contributed by atoms with Crippen molar-refractivity contribution >= 4 is 30.7 Å². The number of nitrogens with zero attached hydrogens (tertiary/aromatic N) is 2. The topological polar surface area (TPSA) is 58.8 Å². The molecule has 0 saturated carbocycles. The number of hydrogen-bond donors (Lipinski definition) is 1. The monoisotopic (exact) mass is 501 g/mol. The van der Waals surface area contributed by atoms with Crippen LogP contribution in [0.25, 0.3) is 0 Å². The van der Waals surface area contributed by atoms with Gasteiger partial charge in [0.1, 0.15) is 5.75 Å².